The quantitative estimate of drug-likeness (QED) is 0.505. The fourth-order valence-corrected chi connectivity index (χ4v) is 3.49. The van der Waals surface area contributed by atoms with Gasteiger partial charge in [-0.15, -0.1) is 0 Å². The van der Waals surface area contributed by atoms with E-state index >= 15 is 0 Å². The molecule has 1 aromatic carbocycles. The van der Waals surface area contributed by atoms with E-state index < -0.39 is 11.7 Å². The van der Waals surface area contributed by atoms with Crippen molar-refractivity contribution in [3.63, 3.8) is 0 Å². The maximum atomic E-state index is 12.9. The second kappa shape index (κ2) is 8.78. The minimum atomic E-state index is -0.672. The lowest BCUT2D eigenvalue weighted by Gasteiger charge is -2.19. The van der Waals surface area contributed by atoms with E-state index in [-0.39, 0.29) is 0 Å². The molecule has 0 unspecified atom stereocenters. The van der Waals surface area contributed by atoms with E-state index in [1.165, 1.54) is 4.68 Å². The van der Waals surface area contributed by atoms with Crippen molar-refractivity contribution in [2.75, 3.05) is 0 Å². The van der Waals surface area contributed by atoms with Crippen molar-refractivity contribution >= 4 is 30.1 Å². The van der Waals surface area contributed by atoms with Gasteiger partial charge < -0.3 is 4.74 Å². The number of aldehydes is 1. The molecule has 0 saturated heterocycles. The predicted molar refractivity (Wildman–Crippen MR) is 126 cm³/mol. The van der Waals surface area contributed by atoms with Crippen molar-refractivity contribution in [2.24, 2.45) is 7.05 Å². The van der Waals surface area contributed by atoms with E-state index in [0.29, 0.717) is 22.5 Å². The molecule has 0 aliphatic heterocycles. The highest BCUT2D eigenvalue weighted by Gasteiger charge is 2.25. The Morgan fingerprint density at radius 3 is 2.53 bits per heavy atom. The molecule has 0 bridgehead atoms. The molecule has 3 rings (SSSR count). The Labute approximate surface area is 188 Å². The zero-order valence-corrected chi connectivity index (χ0v) is 19.3. The van der Waals surface area contributed by atoms with Gasteiger partial charge in [0.25, 0.3) is 0 Å². The molecular weight excluding hydrogens is 404 g/mol. The molecule has 0 fully saturated rings. The Morgan fingerprint density at radius 1 is 1.25 bits per heavy atom. The minimum absolute atomic E-state index is 0.515. The third-order valence-electron chi connectivity index (χ3n) is 4.99. The summed E-state index contributed by atoms with van der Waals surface area (Å²) < 4.78 is 8.45. The minimum Gasteiger partial charge on any atom is -0.442 e. The van der Waals surface area contributed by atoms with Gasteiger partial charge in [-0.25, -0.2) is 4.79 Å². The second-order valence-corrected chi connectivity index (χ2v) is 8.61. The molecule has 2 heterocycles. The van der Waals surface area contributed by atoms with Crippen LogP contribution in [0.25, 0.3) is 29.0 Å². The molecule has 7 heteroatoms. The van der Waals surface area contributed by atoms with E-state index in [4.69, 9.17) is 4.74 Å². The summed E-state index contributed by atoms with van der Waals surface area (Å²) in [6, 6.07) is 5.60. The Kier molecular flexibility index (Phi) is 6.30. The summed E-state index contributed by atoms with van der Waals surface area (Å²) in [4.78, 5) is 24.3. The van der Waals surface area contributed by atoms with Crippen LogP contribution in [0.2, 0.25) is 0 Å². The Morgan fingerprint density at radius 2 is 1.97 bits per heavy atom. The third kappa shape index (κ3) is 4.61. The Bertz CT molecular complexity index is 1220. The largest absolute Gasteiger partial charge is 0.442 e. The van der Waals surface area contributed by atoms with Crippen molar-refractivity contribution in [2.45, 2.75) is 40.2 Å². The smallest absolute Gasteiger partial charge is 0.435 e. The van der Waals surface area contributed by atoms with Gasteiger partial charge in [-0.1, -0.05) is 24.8 Å². The molecule has 0 atom stereocenters. The molecule has 0 aliphatic rings. The number of ether oxygens (including phenoxy) is 1. The number of aryl methyl sites for hydroxylation is 1. The summed E-state index contributed by atoms with van der Waals surface area (Å²) >= 11 is 0. The molecular formula is C25H28N4O3. The lowest BCUT2D eigenvalue weighted by Crippen LogP contribution is -2.28. The number of carbonyl (C=O) groups excluding carboxylic acids is 2. The SMILES string of the molecule is C=Cc1c(/C=C(\C)c2cccc(C=O)c2C)c(-c2cnn(C)c2)nn1C(=O)OC(C)(C)C. The predicted octanol–water partition coefficient (Wildman–Crippen LogP) is 5.39. The number of hydrogen-bond acceptors (Lipinski definition) is 5. The second-order valence-electron chi connectivity index (χ2n) is 8.61. The fourth-order valence-electron chi connectivity index (χ4n) is 3.49. The van der Waals surface area contributed by atoms with Crippen LogP contribution < -0.4 is 0 Å². The van der Waals surface area contributed by atoms with Crippen LogP contribution in [-0.4, -0.2) is 37.5 Å². The summed E-state index contributed by atoms with van der Waals surface area (Å²) in [6.07, 6.45) is 7.32. The molecule has 7 nitrogen and oxygen atoms in total. The maximum Gasteiger partial charge on any atom is 0.435 e. The van der Waals surface area contributed by atoms with Crippen LogP contribution in [-0.2, 0) is 11.8 Å². The molecule has 32 heavy (non-hydrogen) atoms. The highest BCUT2D eigenvalue weighted by Crippen LogP contribution is 2.31. The monoisotopic (exact) mass is 432 g/mol. The first kappa shape index (κ1) is 22.9. The van der Waals surface area contributed by atoms with Gasteiger partial charge in [-0.05, 0) is 63.5 Å². The highest BCUT2D eigenvalue weighted by molar-refractivity contribution is 5.92. The van der Waals surface area contributed by atoms with Crippen molar-refractivity contribution in [3.05, 3.63) is 65.1 Å². The van der Waals surface area contributed by atoms with Crippen LogP contribution in [0.5, 0.6) is 0 Å². The van der Waals surface area contributed by atoms with Crippen LogP contribution in [0.3, 0.4) is 0 Å². The summed E-state index contributed by atoms with van der Waals surface area (Å²) in [5, 5.41) is 8.81. The number of carbonyl (C=O) groups is 2. The van der Waals surface area contributed by atoms with Gasteiger partial charge in [0.2, 0.25) is 0 Å². The summed E-state index contributed by atoms with van der Waals surface area (Å²) in [6.45, 7) is 13.2. The van der Waals surface area contributed by atoms with Crippen LogP contribution in [0.1, 0.15) is 60.4 Å². The normalized spacial score (nSPS) is 12.0. The van der Waals surface area contributed by atoms with Gasteiger partial charge in [-0.3, -0.25) is 9.48 Å². The van der Waals surface area contributed by atoms with E-state index in [0.717, 1.165) is 28.5 Å². The first-order valence-corrected chi connectivity index (χ1v) is 10.3. The third-order valence-corrected chi connectivity index (χ3v) is 4.99. The van der Waals surface area contributed by atoms with Gasteiger partial charge in [0, 0.05) is 29.9 Å². The number of nitrogens with zero attached hydrogens (tertiary/aromatic N) is 4. The number of aromatic nitrogens is 4. The number of allylic oxidation sites excluding steroid dienone is 1. The van der Waals surface area contributed by atoms with E-state index in [1.807, 2.05) is 45.3 Å². The lowest BCUT2D eigenvalue weighted by atomic mass is 9.95. The zero-order chi connectivity index (χ0) is 23.6. The molecule has 0 spiro atoms. The van der Waals surface area contributed by atoms with Crippen molar-refractivity contribution in [1.29, 1.82) is 0 Å². The lowest BCUT2D eigenvalue weighted by molar-refractivity contribution is 0.0513. The van der Waals surface area contributed by atoms with Gasteiger partial charge >= 0.3 is 6.09 Å². The summed E-state index contributed by atoms with van der Waals surface area (Å²) in [5.74, 6) is 0. The van der Waals surface area contributed by atoms with E-state index in [9.17, 15) is 9.59 Å². The average molecular weight is 433 g/mol. The molecule has 0 saturated carbocycles. The number of hydrogen-bond donors (Lipinski definition) is 0. The molecule has 3 aromatic rings. The topological polar surface area (TPSA) is 79.0 Å². The maximum absolute atomic E-state index is 12.9. The molecule has 0 radical (unpaired) electrons. The van der Waals surface area contributed by atoms with Crippen LogP contribution in [0.15, 0.2) is 37.2 Å². The molecule has 166 valence electrons. The first-order valence-electron chi connectivity index (χ1n) is 10.3. The van der Waals surface area contributed by atoms with Gasteiger partial charge in [-0.2, -0.15) is 14.9 Å². The number of benzene rings is 1. The average Bonchev–Trinajstić information content (AvgIpc) is 3.30. The Hall–Kier alpha value is -3.74. The van der Waals surface area contributed by atoms with Gasteiger partial charge in [0.05, 0.1) is 11.9 Å². The standard InChI is InChI=1S/C25H28N4O3/c1-8-22-21(12-16(2)20-11-9-10-18(15-30)17(20)3)23(19-13-26-28(7)14-19)27-29(22)24(31)32-25(4,5)6/h8-15H,1H2,2-7H3/b16-12+. The molecule has 0 N–H and O–H groups in total. The van der Waals surface area contributed by atoms with Crippen LogP contribution in [0.4, 0.5) is 4.79 Å². The first-order chi connectivity index (χ1) is 15.1. The van der Waals surface area contributed by atoms with Crippen molar-refractivity contribution < 1.29 is 14.3 Å². The summed E-state index contributed by atoms with van der Waals surface area (Å²) in [7, 11) is 1.82. The van der Waals surface area contributed by atoms with Crippen molar-refractivity contribution in [1.82, 2.24) is 19.6 Å². The summed E-state index contributed by atoms with van der Waals surface area (Å²) in [5.41, 5.74) is 5.28. The van der Waals surface area contributed by atoms with Crippen molar-refractivity contribution in [3.8, 4) is 11.3 Å². The molecule has 0 aliphatic carbocycles. The number of rotatable bonds is 5. The van der Waals surface area contributed by atoms with E-state index in [2.05, 4.69) is 16.8 Å². The Balaban J connectivity index is 2.23. The highest BCUT2D eigenvalue weighted by atomic mass is 16.6. The van der Waals surface area contributed by atoms with Gasteiger partial charge in [0.15, 0.2) is 0 Å². The van der Waals surface area contributed by atoms with Gasteiger partial charge in [0.1, 0.15) is 17.6 Å². The fraction of sp³-hybridized carbons (Fsp3) is 0.280. The van der Waals surface area contributed by atoms with E-state index in [1.54, 1.807) is 43.8 Å². The zero-order valence-electron chi connectivity index (χ0n) is 19.3. The van der Waals surface area contributed by atoms with Crippen LogP contribution >= 0.6 is 0 Å². The van der Waals surface area contributed by atoms with Crippen LogP contribution in [0, 0.1) is 6.92 Å². The molecule has 2 aromatic heterocycles. The molecule has 0 amide bonds.